The van der Waals surface area contributed by atoms with Crippen molar-refractivity contribution in [3.63, 3.8) is 0 Å². The van der Waals surface area contributed by atoms with E-state index in [9.17, 15) is 0 Å². The molecule has 0 fully saturated rings. The van der Waals surface area contributed by atoms with Gasteiger partial charge in [-0.25, -0.2) is 15.0 Å². The first-order valence-electron chi connectivity index (χ1n) is 19.3. The van der Waals surface area contributed by atoms with Crippen molar-refractivity contribution < 1.29 is 4.42 Å². The highest BCUT2D eigenvalue weighted by molar-refractivity contribution is 6.69. The lowest BCUT2D eigenvalue weighted by molar-refractivity contribution is 0.675. The van der Waals surface area contributed by atoms with Crippen LogP contribution in [0.3, 0.4) is 0 Å². The van der Waals surface area contributed by atoms with Crippen LogP contribution in [0, 0.1) is 0 Å². The van der Waals surface area contributed by atoms with Crippen molar-refractivity contribution >= 4 is 115 Å². The molecule has 2 aromatic heterocycles. The highest BCUT2D eigenvalue weighted by atomic mass is 16.3. The predicted molar refractivity (Wildman–Crippen MR) is 257 cm³/mol. The summed E-state index contributed by atoms with van der Waals surface area (Å²) in [5.74, 6) is 1.93. The summed E-state index contributed by atoms with van der Waals surface area (Å²) in [4.78, 5) is 14.9. The number of furan rings is 1. The molecule has 0 radical (unpaired) electrons. The van der Waals surface area contributed by atoms with E-state index in [2.05, 4.69) is 152 Å². The van der Waals surface area contributed by atoms with Crippen LogP contribution < -0.4 is 38.2 Å². The van der Waals surface area contributed by atoms with Gasteiger partial charge in [-0.3, -0.25) is 0 Å². The Labute approximate surface area is 334 Å². The Kier molecular flexibility index (Phi) is 8.97. The highest BCUT2D eigenvalue weighted by Gasteiger charge is 2.22. The maximum absolute atomic E-state index is 6.74. The normalized spacial score (nSPS) is 11.4. The van der Waals surface area contributed by atoms with Crippen LogP contribution >= 0.6 is 0 Å². The van der Waals surface area contributed by atoms with Crippen LogP contribution in [0.5, 0.6) is 0 Å². The average molecular weight is 710 g/mol. The Balaban J connectivity index is 1.05. The van der Waals surface area contributed by atoms with Gasteiger partial charge in [0.1, 0.15) is 66.1 Å². The second kappa shape index (κ2) is 14.1. The van der Waals surface area contributed by atoms with Crippen LogP contribution in [-0.2, 0) is 0 Å². The van der Waals surface area contributed by atoms with Crippen LogP contribution in [-0.4, -0.2) is 69.9 Å². The van der Waals surface area contributed by atoms with E-state index in [-0.39, 0.29) is 0 Å². The summed E-state index contributed by atoms with van der Waals surface area (Å²) in [6.07, 6.45) is 0. The number of nitrogens with zero attached hydrogens (tertiary/aromatic N) is 3. The van der Waals surface area contributed by atoms with Gasteiger partial charge in [-0.05, 0) is 38.8 Å². The Bertz CT molecular complexity index is 2950. The fourth-order valence-corrected chi connectivity index (χ4v) is 8.23. The van der Waals surface area contributed by atoms with Gasteiger partial charge in [0.05, 0.1) is 0 Å². The van der Waals surface area contributed by atoms with Gasteiger partial charge in [-0.1, -0.05) is 161 Å². The summed E-state index contributed by atoms with van der Waals surface area (Å²) < 4.78 is 6.74. The van der Waals surface area contributed by atoms with Crippen molar-refractivity contribution in [3.05, 3.63) is 133 Å². The van der Waals surface area contributed by atoms with Crippen LogP contribution in [0.1, 0.15) is 0 Å². The van der Waals surface area contributed by atoms with Crippen molar-refractivity contribution in [2.45, 2.75) is 0 Å². The number of benzene rings is 7. The lowest BCUT2D eigenvalue weighted by Crippen LogP contribution is -2.47. The molecule has 0 aliphatic rings. The molecular weight excluding hydrogens is 674 g/mol. The fraction of sp³-hybridized carbons (Fsp3) is 0. The minimum absolute atomic E-state index is 0.640. The Morgan fingerprint density at radius 1 is 0.286 bits per heavy atom. The van der Waals surface area contributed by atoms with Gasteiger partial charge < -0.3 is 4.42 Å². The topological polar surface area (TPSA) is 51.8 Å². The molecule has 9 rings (SSSR count). The molecule has 0 bridgehead atoms. The first kappa shape index (κ1) is 35.5. The van der Waals surface area contributed by atoms with Crippen LogP contribution in [0.25, 0.3) is 89.5 Å². The zero-order valence-corrected chi connectivity index (χ0v) is 33.0. The number of hydrogen-bond donors (Lipinski definition) is 0. The summed E-state index contributed by atoms with van der Waals surface area (Å²) in [5, 5.41) is 2.51. The zero-order valence-electron chi connectivity index (χ0n) is 33.0. The quantitative estimate of drug-likeness (QED) is 0.221. The van der Waals surface area contributed by atoms with Gasteiger partial charge >= 0.3 is 0 Å². The lowest BCUT2D eigenvalue weighted by Gasteiger charge is -2.16. The number of aromatic nitrogens is 3. The first-order chi connectivity index (χ1) is 27.2. The largest absolute Gasteiger partial charge is 0.457 e. The minimum atomic E-state index is 0.640. The van der Waals surface area contributed by atoms with Gasteiger partial charge in [-0.2, -0.15) is 0 Å². The van der Waals surface area contributed by atoms with Gasteiger partial charge in [0, 0.05) is 27.5 Å². The molecule has 2 heterocycles. The van der Waals surface area contributed by atoms with E-state index in [1.807, 2.05) is 36.4 Å². The summed E-state index contributed by atoms with van der Waals surface area (Å²) in [6, 6.07) is 46.4. The summed E-state index contributed by atoms with van der Waals surface area (Å²) in [5.41, 5.74) is 20.8. The van der Waals surface area contributed by atoms with Crippen LogP contribution in [0.15, 0.2) is 138 Å². The van der Waals surface area contributed by atoms with E-state index >= 15 is 0 Å². The third kappa shape index (κ3) is 6.03. The maximum atomic E-state index is 6.74. The number of hydrogen-bond acceptors (Lipinski definition) is 4. The molecule has 0 unspecified atom stereocenters. The Morgan fingerprint density at radius 2 is 0.607 bits per heavy atom. The maximum Gasteiger partial charge on any atom is 0.164 e. The number of rotatable bonds is 6. The SMILES string of the molecule is Bc1c(B)c(B)c2c(oc3c(B)c(-c4ccc(-c5ccc(-c6nc(-c7ccccc7)nc(-c7ccc(-c8ccccc8)cc7)n6)cc5)cc4)c(B)c(B)c32)c1B. The molecular formula is C45H36B7N3O. The predicted octanol–water partition coefficient (Wildman–Crippen LogP) is -0.418. The van der Waals surface area contributed by atoms with Gasteiger partial charge in [0.25, 0.3) is 0 Å². The van der Waals surface area contributed by atoms with Gasteiger partial charge in [0.15, 0.2) is 17.5 Å². The monoisotopic (exact) mass is 711 g/mol. The smallest absolute Gasteiger partial charge is 0.164 e. The van der Waals surface area contributed by atoms with Gasteiger partial charge in [-0.15, -0.1) is 5.46 Å². The molecule has 0 saturated carbocycles. The van der Waals surface area contributed by atoms with Crippen molar-refractivity contribution in [1.82, 2.24) is 15.0 Å². The third-order valence-electron chi connectivity index (χ3n) is 11.9. The summed E-state index contributed by atoms with van der Waals surface area (Å²) in [6.45, 7) is 0. The van der Waals surface area contributed by atoms with E-state index in [1.54, 1.807) is 0 Å². The summed E-state index contributed by atoms with van der Waals surface area (Å²) in [7, 11) is 15.6. The molecule has 0 saturated heterocycles. The summed E-state index contributed by atoms with van der Waals surface area (Å²) >= 11 is 0. The van der Waals surface area contributed by atoms with E-state index in [4.69, 9.17) is 19.4 Å². The molecule has 0 N–H and O–H groups in total. The standard InChI is InChI=1S/C45H36B7N3O/c46-34-31(37(49)41-32(35(34)47)33-36(48)38(50)39(51)40(52)42(33)56-41)27-17-11-25(12-18-27)26-15-21-30(22-16-26)45-54-43(28-9-5-2-6-10-28)53-44(55-45)29-19-13-24(14-20-29)23-7-3-1-4-8-23/h1-22H,46-52H2. The van der Waals surface area contributed by atoms with E-state index in [0.29, 0.717) is 17.5 Å². The van der Waals surface area contributed by atoms with Crippen LogP contribution in [0.4, 0.5) is 0 Å². The van der Waals surface area contributed by atoms with E-state index in [1.165, 1.54) is 65.7 Å². The van der Waals surface area contributed by atoms with Crippen molar-refractivity contribution in [2.24, 2.45) is 0 Å². The molecule has 7 aromatic carbocycles. The van der Waals surface area contributed by atoms with E-state index in [0.717, 1.165) is 44.5 Å². The molecule has 0 atom stereocenters. The molecule has 0 amide bonds. The highest BCUT2D eigenvalue weighted by Crippen LogP contribution is 2.31. The third-order valence-corrected chi connectivity index (χ3v) is 11.9. The van der Waals surface area contributed by atoms with Crippen molar-refractivity contribution in [3.8, 4) is 67.5 Å². The average Bonchev–Trinajstić information content (AvgIpc) is 3.67. The molecule has 0 spiro atoms. The molecule has 9 aromatic rings. The van der Waals surface area contributed by atoms with E-state index < -0.39 is 0 Å². The lowest BCUT2D eigenvalue weighted by atomic mass is 9.64. The van der Waals surface area contributed by atoms with Crippen LogP contribution in [0.2, 0.25) is 0 Å². The molecule has 11 heteroatoms. The molecule has 56 heavy (non-hydrogen) atoms. The minimum Gasteiger partial charge on any atom is -0.457 e. The molecule has 258 valence electrons. The van der Waals surface area contributed by atoms with Crippen molar-refractivity contribution in [2.75, 3.05) is 0 Å². The number of fused-ring (bicyclic) bond motifs is 3. The fourth-order valence-electron chi connectivity index (χ4n) is 8.23. The van der Waals surface area contributed by atoms with Gasteiger partial charge in [0.2, 0.25) is 0 Å². The molecule has 4 nitrogen and oxygen atoms in total. The second-order valence-electron chi connectivity index (χ2n) is 15.0. The first-order valence-corrected chi connectivity index (χ1v) is 19.3. The molecule has 0 aliphatic carbocycles. The van der Waals surface area contributed by atoms with Crippen molar-refractivity contribution in [1.29, 1.82) is 0 Å². The molecule has 0 aliphatic heterocycles. The Hall–Kier alpha value is -6.20. The zero-order chi connectivity index (χ0) is 38.7. The Morgan fingerprint density at radius 3 is 1.07 bits per heavy atom. The second-order valence-corrected chi connectivity index (χ2v) is 15.0.